The highest BCUT2D eigenvalue weighted by Crippen LogP contribution is 2.20. The van der Waals surface area contributed by atoms with E-state index in [0.717, 1.165) is 11.1 Å². The number of hydrogen-bond acceptors (Lipinski definition) is 3. The highest BCUT2D eigenvalue weighted by Gasteiger charge is 2.36. The average Bonchev–Trinajstić information content (AvgIpc) is 2.19. The van der Waals surface area contributed by atoms with Crippen LogP contribution in [0.25, 0.3) is 0 Å². The van der Waals surface area contributed by atoms with Crippen LogP contribution in [0.2, 0.25) is 0 Å². The van der Waals surface area contributed by atoms with E-state index in [4.69, 9.17) is 13.0 Å². The molecule has 4 nitrogen and oxygen atoms in total. The molecule has 0 saturated carbocycles. The maximum atomic E-state index is 12.7. The Hall–Kier alpha value is -1.22. The van der Waals surface area contributed by atoms with Gasteiger partial charge in [0.05, 0.1) is 4.48 Å². The lowest BCUT2D eigenvalue weighted by molar-refractivity contribution is -0.848. The third-order valence-electron chi connectivity index (χ3n) is 2.19. The number of aromatic nitrogens is 1. The van der Waals surface area contributed by atoms with Gasteiger partial charge < -0.3 is 4.55 Å². The summed E-state index contributed by atoms with van der Waals surface area (Å²) in [5, 5.41) is 0. The quantitative estimate of drug-likeness (QED) is 0.415. The van der Waals surface area contributed by atoms with E-state index >= 15 is 0 Å². The fourth-order valence-corrected chi connectivity index (χ4v) is 0.860. The van der Waals surface area contributed by atoms with Crippen LogP contribution in [0.3, 0.4) is 0 Å². The Morgan fingerprint density at radius 1 is 1.22 bits per heavy atom. The molecule has 0 bridgehead atoms. The molecule has 1 aromatic heterocycles. The van der Waals surface area contributed by atoms with Crippen LogP contribution in [0.5, 0.6) is 0 Å². The van der Waals surface area contributed by atoms with E-state index in [1.54, 1.807) is 13.0 Å². The molecular formula is C9H11F4NO3S. The van der Waals surface area contributed by atoms with Crippen LogP contribution in [-0.2, 0) is 10.1 Å². The Labute approximate surface area is 102 Å². The van der Waals surface area contributed by atoms with Crippen LogP contribution in [0.15, 0.2) is 12.3 Å². The number of pyridine rings is 1. The second-order valence-electron chi connectivity index (χ2n) is 3.42. The summed E-state index contributed by atoms with van der Waals surface area (Å²) >= 11 is 0. The second-order valence-corrected chi connectivity index (χ2v) is 4.79. The van der Waals surface area contributed by atoms with Crippen molar-refractivity contribution in [3.63, 3.8) is 0 Å². The van der Waals surface area contributed by atoms with Gasteiger partial charge >= 0.3 is 5.51 Å². The zero-order valence-electron chi connectivity index (χ0n) is 9.75. The molecule has 0 amide bonds. The molecule has 0 saturated heterocycles. The Bertz CT molecular complexity index is 498. The Kier molecular flexibility index (Phi) is 5.23. The van der Waals surface area contributed by atoms with E-state index in [1.165, 1.54) is 6.20 Å². The highest BCUT2D eigenvalue weighted by atomic mass is 32.2. The van der Waals surface area contributed by atoms with Crippen molar-refractivity contribution in [2.75, 3.05) is 0 Å². The second kappa shape index (κ2) is 5.61. The number of nitrogens with zero attached hydrogens (tertiary/aromatic N) is 1. The van der Waals surface area contributed by atoms with Crippen LogP contribution >= 0.6 is 0 Å². The molecular weight excluding hydrogens is 278 g/mol. The molecule has 1 heterocycles. The molecule has 0 fully saturated rings. The van der Waals surface area contributed by atoms with Crippen LogP contribution in [0, 0.1) is 20.8 Å². The van der Waals surface area contributed by atoms with E-state index in [0.29, 0.717) is 10.5 Å². The van der Waals surface area contributed by atoms with Gasteiger partial charge in [0.2, 0.25) is 11.9 Å². The first-order valence-electron chi connectivity index (χ1n) is 4.54. The molecule has 0 aliphatic rings. The predicted molar refractivity (Wildman–Crippen MR) is 53.1 cm³/mol. The minimum absolute atomic E-state index is 0.641. The maximum absolute atomic E-state index is 12.7. The van der Waals surface area contributed by atoms with Gasteiger partial charge in [-0.2, -0.15) is 13.2 Å². The van der Waals surface area contributed by atoms with Crippen molar-refractivity contribution >= 4 is 10.1 Å². The summed E-state index contributed by atoms with van der Waals surface area (Å²) in [6, 6.07) is 1.77. The summed E-state index contributed by atoms with van der Waals surface area (Å²) in [4.78, 5) is 0.641. The molecule has 1 rings (SSSR count). The summed E-state index contributed by atoms with van der Waals surface area (Å²) in [6.07, 6.45) is 1.43. The van der Waals surface area contributed by atoms with Crippen molar-refractivity contribution in [3.8, 4) is 0 Å². The topological polar surface area (TPSA) is 61.1 Å². The first-order chi connectivity index (χ1) is 7.88. The van der Waals surface area contributed by atoms with Gasteiger partial charge in [0.15, 0.2) is 10.1 Å². The van der Waals surface area contributed by atoms with Gasteiger partial charge in [0.25, 0.3) is 0 Å². The molecule has 9 heteroatoms. The van der Waals surface area contributed by atoms with Gasteiger partial charge in [-0.25, -0.2) is 8.42 Å². The zero-order chi connectivity index (χ0) is 14.7. The molecule has 0 aliphatic heterocycles. The molecule has 0 spiro atoms. The fraction of sp³-hybridized carbons (Fsp3) is 0.444. The Morgan fingerprint density at radius 3 is 1.89 bits per heavy atom. The van der Waals surface area contributed by atoms with Gasteiger partial charge in [0, 0.05) is 23.3 Å². The summed E-state index contributed by atoms with van der Waals surface area (Å²) in [7, 11) is -6.09. The highest BCUT2D eigenvalue weighted by molar-refractivity contribution is 7.86. The molecule has 1 aromatic rings. The minimum Gasteiger partial charge on any atom is -0.741 e. The normalized spacial score (nSPS) is 11.8. The van der Waals surface area contributed by atoms with Crippen LogP contribution in [0.1, 0.15) is 16.8 Å². The van der Waals surface area contributed by atoms with Crippen LogP contribution in [0.4, 0.5) is 17.7 Å². The first kappa shape index (κ1) is 16.8. The minimum atomic E-state index is -6.09. The number of hydrogen-bond donors (Lipinski definition) is 0. The number of rotatable bonds is 0. The molecule has 104 valence electrons. The number of alkyl halides is 3. The molecule has 0 radical (unpaired) electrons. The molecule has 0 unspecified atom stereocenters. The predicted octanol–water partition coefficient (Wildman–Crippen LogP) is 1.68. The van der Waals surface area contributed by atoms with Crippen molar-refractivity contribution in [1.29, 1.82) is 0 Å². The first-order valence-corrected chi connectivity index (χ1v) is 5.95. The van der Waals surface area contributed by atoms with Gasteiger partial charge in [-0.3, -0.25) is 0 Å². The summed E-state index contributed by atoms with van der Waals surface area (Å²) in [5.41, 5.74) is -2.82. The number of aryl methyl sites for hydroxylation is 1. The standard InChI is InChI=1S/C8H11FN.CHF3O3S/c1-6-4-5-10(9)8(3)7(6)2;2-1(3,4)8(5,6)7/h4-5H,1-3H3;(H,5,6,7)/q+1;/p-1. The van der Waals surface area contributed by atoms with Gasteiger partial charge in [-0.05, 0) is 19.4 Å². The van der Waals surface area contributed by atoms with Gasteiger partial charge in [-0.15, -0.1) is 0 Å². The van der Waals surface area contributed by atoms with E-state index in [-0.39, 0.29) is 0 Å². The lowest BCUT2D eigenvalue weighted by Gasteiger charge is -2.08. The van der Waals surface area contributed by atoms with Crippen molar-refractivity contribution in [2.24, 2.45) is 0 Å². The average molecular weight is 289 g/mol. The molecule has 0 aliphatic carbocycles. The summed E-state index contributed by atoms with van der Waals surface area (Å²) in [6.45, 7) is 5.66. The maximum Gasteiger partial charge on any atom is 0.485 e. The van der Waals surface area contributed by atoms with Crippen molar-refractivity contribution in [3.05, 3.63) is 29.1 Å². The molecule has 18 heavy (non-hydrogen) atoms. The van der Waals surface area contributed by atoms with Crippen molar-refractivity contribution < 1.29 is 35.4 Å². The summed E-state index contributed by atoms with van der Waals surface area (Å²) in [5.74, 6) is 0. The van der Waals surface area contributed by atoms with E-state index < -0.39 is 15.6 Å². The van der Waals surface area contributed by atoms with E-state index in [2.05, 4.69) is 0 Å². The van der Waals surface area contributed by atoms with Crippen LogP contribution < -0.4 is 4.79 Å². The monoisotopic (exact) mass is 289 g/mol. The third-order valence-corrected chi connectivity index (χ3v) is 2.76. The third kappa shape index (κ3) is 4.57. The largest absolute Gasteiger partial charge is 0.741 e. The van der Waals surface area contributed by atoms with Gasteiger partial charge in [0.1, 0.15) is 0 Å². The number of halogens is 4. The molecule has 0 N–H and O–H groups in total. The molecule has 0 atom stereocenters. The van der Waals surface area contributed by atoms with Crippen molar-refractivity contribution in [1.82, 2.24) is 0 Å². The van der Waals surface area contributed by atoms with Crippen molar-refractivity contribution in [2.45, 2.75) is 26.3 Å². The Balaban J connectivity index is 0.000000331. The smallest absolute Gasteiger partial charge is 0.485 e. The van der Waals surface area contributed by atoms with E-state index in [1.807, 2.05) is 13.8 Å². The summed E-state index contributed by atoms with van der Waals surface area (Å²) < 4.78 is 71.6. The zero-order valence-corrected chi connectivity index (χ0v) is 10.6. The van der Waals surface area contributed by atoms with Crippen LogP contribution in [-0.4, -0.2) is 18.5 Å². The van der Waals surface area contributed by atoms with E-state index in [9.17, 15) is 17.7 Å². The SMILES string of the molecule is Cc1cc[n+](F)c(C)c1C.O=S(=O)([O-])C(F)(F)F. The van der Waals surface area contributed by atoms with Gasteiger partial charge in [-0.1, -0.05) is 0 Å². The molecule has 0 aromatic carbocycles. The lowest BCUT2D eigenvalue weighted by atomic mass is 10.1. The Morgan fingerprint density at radius 2 is 1.61 bits per heavy atom. The lowest BCUT2D eigenvalue weighted by Crippen LogP contribution is -2.27. The fourth-order valence-electron chi connectivity index (χ4n) is 0.860.